The summed E-state index contributed by atoms with van der Waals surface area (Å²) < 4.78 is 5.24. The molecule has 1 unspecified atom stereocenters. The van der Waals surface area contributed by atoms with Gasteiger partial charge in [0.15, 0.2) is 5.82 Å². The summed E-state index contributed by atoms with van der Waals surface area (Å²) in [5.74, 6) is 0.980. The van der Waals surface area contributed by atoms with E-state index in [-0.39, 0.29) is 11.9 Å². The Morgan fingerprint density at radius 2 is 2.36 bits per heavy atom. The number of anilines is 2. The van der Waals surface area contributed by atoms with Crippen LogP contribution in [0.5, 0.6) is 5.75 Å². The summed E-state index contributed by atoms with van der Waals surface area (Å²) in [7, 11) is 1.49. The van der Waals surface area contributed by atoms with Crippen LogP contribution < -0.4 is 20.7 Å². The third-order valence-electron chi connectivity index (χ3n) is 4.29. The van der Waals surface area contributed by atoms with Gasteiger partial charge in [0.25, 0.3) is 5.91 Å². The van der Waals surface area contributed by atoms with E-state index in [9.17, 15) is 4.79 Å². The molecule has 132 valence electrons. The molecule has 0 saturated carbocycles. The molecule has 0 aliphatic carbocycles. The number of nitrogen functional groups attached to an aromatic ring is 1. The number of carbonyl (C=O) groups is 1. The number of nitrogens with one attached hydrogen (secondary N) is 1. The normalized spacial score (nSPS) is 16.7. The quantitative estimate of drug-likeness (QED) is 0.792. The number of ether oxygens (including phenoxy) is 1. The summed E-state index contributed by atoms with van der Waals surface area (Å²) in [6, 6.07) is 7.04. The largest absolute Gasteiger partial charge is 0.496 e. The van der Waals surface area contributed by atoms with Crippen LogP contribution in [-0.2, 0) is 0 Å². The van der Waals surface area contributed by atoms with E-state index in [1.165, 1.54) is 13.2 Å². The zero-order valence-corrected chi connectivity index (χ0v) is 14.7. The second-order valence-corrected chi connectivity index (χ2v) is 6.26. The molecule has 1 fully saturated rings. The predicted octanol–water partition coefficient (Wildman–Crippen LogP) is 2.12. The maximum Gasteiger partial charge on any atom is 0.255 e. The molecule has 1 aromatic carbocycles. The Morgan fingerprint density at radius 1 is 1.52 bits per heavy atom. The SMILES string of the molecule is COc1cc(N)c(Cl)cc1C(=O)NCC1CCCN1c1cccnn1. The van der Waals surface area contributed by atoms with Crippen LogP contribution in [0.1, 0.15) is 23.2 Å². The molecule has 1 aromatic heterocycles. The van der Waals surface area contributed by atoms with E-state index >= 15 is 0 Å². The van der Waals surface area contributed by atoms with Crippen LogP contribution in [0.2, 0.25) is 5.02 Å². The lowest BCUT2D eigenvalue weighted by atomic mass is 10.1. The van der Waals surface area contributed by atoms with Crippen molar-refractivity contribution in [1.29, 1.82) is 0 Å². The van der Waals surface area contributed by atoms with Gasteiger partial charge in [-0.1, -0.05) is 11.6 Å². The molecule has 1 atom stereocenters. The average Bonchev–Trinajstić information content (AvgIpc) is 3.11. The standard InChI is InChI=1S/C17H20ClN5O2/c1-25-15-9-14(19)13(18)8-12(15)17(24)20-10-11-4-3-7-23(11)16-5-2-6-21-22-16/h2,5-6,8-9,11H,3-4,7,10,19H2,1H3,(H,20,24). The Bertz CT molecular complexity index is 756. The minimum absolute atomic E-state index is 0.177. The summed E-state index contributed by atoms with van der Waals surface area (Å²) in [4.78, 5) is 14.7. The first-order valence-corrected chi connectivity index (χ1v) is 8.43. The number of carbonyl (C=O) groups excluding carboxylic acids is 1. The van der Waals surface area contributed by atoms with Gasteiger partial charge in [0, 0.05) is 31.4 Å². The molecule has 7 nitrogen and oxygen atoms in total. The molecular weight excluding hydrogens is 342 g/mol. The van der Waals surface area contributed by atoms with Crippen molar-refractivity contribution in [3.63, 3.8) is 0 Å². The van der Waals surface area contributed by atoms with E-state index in [2.05, 4.69) is 20.4 Å². The third kappa shape index (κ3) is 3.76. The van der Waals surface area contributed by atoms with Crippen LogP contribution in [-0.4, -0.2) is 42.3 Å². The van der Waals surface area contributed by atoms with Gasteiger partial charge in [-0.3, -0.25) is 4.79 Å². The van der Waals surface area contributed by atoms with Gasteiger partial charge in [-0.2, -0.15) is 5.10 Å². The van der Waals surface area contributed by atoms with Crippen molar-refractivity contribution >= 4 is 29.0 Å². The second kappa shape index (κ2) is 7.57. The third-order valence-corrected chi connectivity index (χ3v) is 4.62. The number of aromatic nitrogens is 2. The first-order chi connectivity index (χ1) is 12.1. The van der Waals surface area contributed by atoms with Crippen LogP contribution in [0.25, 0.3) is 0 Å². The van der Waals surface area contributed by atoms with Gasteiger partial charge in [-0.05, 0) is 31.0 Å². The lowest BCUT2D eigenvalue weighted by molar-refractivity contribution is 0.0948. The molecule has 0 spiro atoms. The van der Waals surface area contributed by atoms with E-state index in [1.54, 1.807) is 12.3 Å². The van der Waals surface area contributed by atoms with E-state index in [0.717, 1.165) is 25.2 Å². The molecule has 2 aromatic rings. The summed E-state index contributed by atoms with van der Waals surface area (Å²) in [5.41, 5.74) is 6.50. The number of rotatable bonds is 5. The van der Waals surface area contributed by atoms with Crippen molar-refractivity contribution in [2.24, 2.45) is 0 Å². The Hall–Kier alpha value is -2.54. The van der Waals surface area contributed by atoms with E-state index < -0.39 is 0 Å². The van der Waals surface area contributed by atoms with Crippen LogP contribution in [0.3, 0.4) is 0 Å². The summed E-state index contributed by atoms with van der Waals surface area (Å²) in [6.07, 6.45) is 3.68. The fourth-order valence-electron chi connectivity index (χ4n) is 3.02. The molecule has 3 rings (SSSR count). The van der Waals surface area contributed by atoms with Crippen molar-refractivity contribution in [2.75, 3.05) is 30.8 Å². The van der Waals surface area contributed by atoms with Gasteiger partial charge in [0.2, 0.25) is 0 Å². The first kappa shape index (κ1) is 17.3. The van der Waals surface area contributed by atoms with E-state index in [4.69, 9.17) is 22.1 Å². The van der Waals surface area contributed by atoms with E-state index in [1.807, 2.05) is 12.1 Å². The average molecular weight is 362 g/mol. The monoisotopic (exact) mass is 361 g/mol. The van der Waals surface area contributed by atoms with Gasteiger partial charge in [0.05, 0.1) is 23.4 Å². The van der Waals surface area contributed by atoms with Crippen molar-refractivity contribution in [1.82, 2.24) is 15.5 Å². The number of nitrogens with zero attached hydrogens (tertiary/aromatic N) is 3. The highest BCUT2D eigenvalue weighted by Gasteiger charge is 2.26. The number of amides is 1. The number of nitrogens with two attached hydrogens (primary N) is 1. The predicted molar refractivity (Wildman–Crippen MR) is 97.1 cm³/mol. The van der Waals surface area contributed by atoms with Crippen molar-refractivity contribution < 1.29 is 9.53 Å². The van der Waals surface area contributed by atoms with Gasteiger partial charge < -0.3 is 20.7 Å². The minimum atomic E-state index is -0.246. The number of halogens is 1. The smallest absolute Gasteiger partial charge is 0.255 e. The maximum atomic E-state index is 12.6. The number of methoxy groups -OCH3 is 1. The van der Waals surface area contributed by atoms with Crippen molar-refractivity contribution in [3.8, 4) is 5.75 Å². The van der Waals surface area contributed by atoms with Crippen molar-refractivity contribution in [3.05, 3.63) is 41.0 Å². The van der Waals surface area contributed by atoms with Crippen molar-refractivity contribution in [2.45, 2.75) is 18.9 Å². The molecule has 3 N–H and O–H groups in total. The Kier molecular flexibility index (Phi) is 5.23. The summed E-state index contributed by atoms with van der Waals surface area (Å²) in [6.45, 7) is 1.40. The lowest BCUT2D eigenvalue weighted by Gasteiger charge is -2.25. The fraction of sp³-hybridized carbons (Fsp3) is 0.353. The highest BCUT2D eigenvalue weighted by Crippen LogP contribution is 2.29. The van der Waals surface area contributed by atoms with Gasteiger partial charge in [-0.15, -0.1) is 5.10 Å². The maximum absolute atomic E-state index is 12.6. The highest BCUT2D eigenvalue weighted by atomic mass is 35.5. The Labute approximate surface area is 151 Å². The highest BCUT2D eigenvalue weighted by molar-refractivity contribution is 6.33. The summed E-state index contributed by atoms with van der Waals surface area (Å²) >= 11 is 6.03. The van der Waals surface area contributed by atoms with Gasteiger partial charge in [0.1, 0.15) is 5.75 Å². The second-order valence-electron chi connectivity index (χ2n) is 5.86. The van der Waals surface area contributed by atoms with Crippen LogP contribution in [0, 0.1) is 0 Å². The molecule has 1 amide bonds. The molecule has 0 radical (unpaired) electrons. The number of benzene rings is 1. The number of hydrogen-bond donors (Lipinski definition) is 2. The Morgan fingerprint density at radius 3 is 3.08 bits per heavy atom. The zero-order valence-electron chi connectivity index (χ0n) is 13.9. The molecule has 0 bridgehead atoms. The van der Waals surface area contributed by atoms with Crippen LogP contribution in [0.4, 0.5) is 11.5 Å². The molecular formula is C17H20ClN5O2. The zero-order chi connectivity index (χ0) is 17.8. The van der Waals surface area contributed by atoms with Gasteiger partial charge in [-0.25, -0.2) is 0 Å². The first-order valence-electron chi connectivity index (χ1n) is 8.05. The molecule has 1 saturated heterocycles. The van der Waals surface area contributed by atoms with Gasteiger partial charge >= 0.3 is 0 Å². The van der Waals surface area contributed by atoms with E-state index in [0.29, 0.717) is 28.6 Å². The number of hydrogen-bond acceptors (Lipinski definition) is 6. The molecule has 1 aliphatic rings. The fourth-order valence-corrected chi connectivity index (χ4v) is 3.18. The Balaban J connectivity index is 1.69. The molecule has 8 heteroatoms. The lowest BCUT2D eigenvalue weighted by Crippen LogP contribution is -2.40. The molecule has 2 heterocycles. The van der Waals surface area contributed by atoms with Crippen LogP contribution >= 0.6 is 11.6 Å². The molecule has 1 aliphatic heterocycles. The van der Waals surface area contributed by atoms with Crippen LogP contribution in [0.15, 0.2) is 30.5 Å². The minimum Gasteiger partial charge on any atom is -0.496 e. The summed E-state index contributed by atoms with van der Waals surface area (Å²) in [5, 5.41) is 11.4. The topological polar surface area (TPSA) is 93.4 Å². The molecule has 25 heavy (non-hydrogen) atoms.